The Kier molecular flexibility index (Phi) is 8.68. The third-order valence-corrected chi connectivity index (χ3v) is 5.16. The molecule has 1 aliphatic rings. The van der Waals surface area contributed by atoms with Crippen molar-refractivity contribution in [3.8, 4) is 0 Å². The van der Waals surface area contributed by atoms with Gasteiger partial charge in [0.05, 0.1) is 5.52 Å². The number of nitrogens with one attached hydrogen (secondary N) is 3. The second-order valence-electron chi connectivity index (χ2n) is 7.60. The summed E-state index contributed by atoms with van der Waals surface area (Å²) in [5.74, 6) is 0. The predicted molar refractivity (Wildman–Crippen MR) is 149 cm³/mol. The van der Waals surface area contributed by atoms with Crippen LogP contribution < -0.4 is 5.32 Å². The summed E-state index contributed by atoms with van der Waals surface area (Å²) in [5, 5.41) is 6.67. The van der Waals surface area contributed by atoms with Crippen LogP contribution >= 0.6 is 0 Å². The van der Waals surface area contributed by atoms with Gasteiger partial charge in [0, 0.05) is 47.4 Å². The van der Waals surface area contributed by atoms with Crippen LogP contribution in [0.25, 0.3) is 32.7 Å². The van der Waals surface area contributed by atoms with Crippen LogP contribution in [-0.2, 0) is 0 Å². The highest BCUT2D eigenvalue weighted by Gasteiger charge is 1.88. The number of benzene rings is 3. The van der Waals surface area contributed by atoms with E-state index in [9.17, 15) is 0 Å². The van der Waals surface area contributed by atoms with Crippen LogP contribution in [0.15, 0.2) is 152 Å². The normalized spacial score (nSPS) is 11.3. The number of fused-ring (bicyclic) bond motifs is 3. The number of para-hydroxylation sites is 3. The van der Waals surface area contributed by atoms with E-state index in [0.29, 0.717) is 0 Å². The van der Waals surface area contributed by atoms with Gasteiger partial charge in [0.1, 0.15) is 0 Å². The van der Waals surface area contributed by atoms with Crippen LogP contribution in [0.5, 0.6) is 0 Å². The molecule has 3 N–H and O–H groups in total. The van der Waals surface area contributed by atoms with E-state index in [1.165, 1.54) is 27.2 Å². The monoisotopic (exact) mass is 456 g/mol. The molecule has 0 amide bonds. The molecule has 0 radical (unpaired) electrons. The summed E-state index contributed by atoms with van der Waals surface area (Å²) in [6.45, 7) is 0. The average Bonchev–Trinajstić information content (AvgIpc) is 3.51. The highest BCUT2D eigenvalue weighted by atomic mass is 14.8. The minimum absolute atomic E-state index is 1.06. The molecular formula is C31H28N4. The summed E-state index contributed by atoms with van der Waals surface area (Å²) in [6, 6.07) is 32.7. The van der Waals surface area contributed by atoms with Gasteiger partial charge in [-0.25, -0.2) is 0 Å². The van der Waals surface area contributed by atoms with Crippen LogP contribution in [0, 0.1) is 0 Å². The first-order valence-electron chi connectivity index (χ1n) is 11.5. The van der Waals surface area contributed by atoms with Crippen molar-refractivity contribution in [3.05, 3.63) is 152 Å². The minimum atomic E-state index is 1.06. The number of hydrogen-bond acceptors (Lipinski definition) is 2. The van der Waals surface area contributed by atoms with Gasteiger partial charge < -0.3 is 15.3 Å². The number of aromatic nitrogens is 3. The maximum atomic E-state index is 4.18. The van der Waals surface area contributed by atoms with E-state index in [1.54, 1.807) is 0 Å². The molecule has 0 saturated carbocycles. The van der Waals surface area contributed by atoms with E-state index < -0.39 is 0 Å². The number of rotatable bonds is 0. The Labute approximate surface area is 205 Å². The molecule has 0 fully saturated rings. The van der Waals surface area contributed by atoms with Gasteiger partial charge in [0.15, 0.2) is 0 Å². The molecule has 3 aromatic heterocycles. The molecule has 0 atom stereocenters. The van der Waals surface area contributed by atoms with Gasteiger partial charge in [-0.1, -0.05) is 72.8 Å². The first-order valence-corrected chi connectivity index (χ1v) is 11.5. The van der Waals surface area contributed by atoms with E-state index in [2.05, 4.69) is 68.8 Å². The van der Waals surface area contributed by atoms with Gasteiger partial charge in [-0.2, -0.15) is 0 Å². The van der Waals surface area contributed by atoms with Gasteiger partial charge in [-0.15, -0.1) is 0 Å². The molecule has 35 heavy (non-hydrogen) atoms. The minimum Gasteiger partial charge on any atom is -0.368 e. The Hall–Kier alpha value is -4.83. The van der Waals surface area contributed by atoms with Crippen LogP contribution in [0.4, 0.5) is 0 Å². The molecule has 0 saturated heterocycles. The summed E-state index contributed by atoms with van der Waals surface area (Å²) in [4.78, 5) is 10.4. The number of aromatic amines is 2. The fraction of sp³-hybridized carbons (Fsp3) is 0. The lowest BCUT2D eigenvalue weighted by molar-refractivity contribution is 1.20. The molecule has 4 heteroatoms. The lowest BCUT2D eigenvalue weighted by atomic mass is 10.2. The zero-order valence-electron chi connectivity index (χ0n) is 19.4. The lowest BCUT2D eigenvalue weighted by Crippen LogP contribution is -1.87. The van der Waals surface area contributed by atoms with Gasteiger partial charge in [0.25, 0.3) is 0 Å². The van der Waals surface area contributed by atoms with Crippen LogP contribution in [-0.4, -0.2) is 15.0 Å². The number of H-pyrrole nitrogens is 2. The zero-order valence-corrected chi connectivity index (χ0v) is 19.4. The average molecular weight is 457 g/mol. The third-order valence-electron chi connectivity index (χ3n) is 5.16. The first-order chi connectivity index (χ1) is 17.4. The summed E-state index contributed by atoms with van der Waals surface area (Å²) < 4.78 is 0. The quantitative estimate of drug-likeness (QED) is 0.219. The Morgan fingerprint density at radius 3 is 1.54 bits per heavy atom. The van der Waals surface area contributed by atoms with Crippen molar-refractivity contribution in [2.45, 2.75) is 0 Å². The Balaban J connectivity index is 0.000000111. The Bertz CT molecular complexity index is 1330. The predicted octanol–water partition coefficient (Wildman–Crippen LogP) is 7.74. The molecule has 172 valence electrons. The molecule has 0 spiro atoms. The van der Waals surface area contributed by atoms with Crippen molar-refractivity contribution in [1.29, 1.82) is 0 Å². The summed E-state index contributed by atoms with van der Waals surface area (Å²) in [7, 11) is 0. The Morgan fingerprint density at radius 1 is 0.457 bits per heavy atom. The Morgan fingerprint density at radius 2 is 0.971 bits per heavy atom. The van der Waals surface area contributed by atoms with Crippen molar-refractivity contribution in [3.63, 3.8) is 0 Å². The molecule has 7 rings (SSSR count). The van der Waals surface area contributed by atoms with E-state index >= 15 is 0 Å². The third kappa shape index (κ3) is 7.34. The lowest BCUT2D eigenvalue weighted by Gasteiger charge is -1.91. The molecule has 0 bridgehead atoms. The molecule has 1 aliphatic heterocycles. The zero-order chi connectivity index (χ0) is 24.0. The van der Waals surface area contributed by atoms with Crippen LogP contribution in [0.3, 0.4) is 0 Å². The summed E-state index contributed by atoms with van der Waals surface area (Å²) >= 11 is 0. The number of nitrogens with zero attached hydrogens (tertiary/aromatic N) is 1. The van der Waals surface area contributed by atoms with Crippen molar-refractivity contribution in [2.24, 2.45) is 0 Å². The maximum absolute atomic E-state index is 4.18. The fourth-order valence-electron chi connectivity index (χ4n) is 3.41. The van der Waals surface area contributed by atoms with E-state index in [4.69, 9.17) is 0 Å². The van der Waals surface area contributed by atoms with Crippen molar-refractivity contribution < 1.29 is 0 Å². The highest BCUT2D eigenvalue weighted by Crippen LogP contribution is 2.10. The molecule has 0 aliphatic carbocycles. The topological polar surface area (TPSA) is 56.5 Å². The van der Waals surface area contributed by atoms with Gasteiger partial charge >= 0.3 is 0 Å². The highest BCUT2D eigenvalue weighted by molar-refractivity contribution is 5.79. The largest absolute Gasteiger partial charge is 0.368 e. The SMILES string of the molecule is C1=CC=CNC=C1.c1ccc2[nH]ccc2c1.c1ccc2[nH]ccc2c1.c1ccc2ncccc2c1. The number of allylic oxidation sites excluding steroid dienone is 4. The molecule has 4 nitrogen and oxygen atoms in total. The second kappa shape index (κ2) is 13.0. The number of hydrogen-bond donors (Lipinski definition) is 3. The smallest absolute Gasteiger partial charge is 0.0701 e. The molecule has 0 unspecified atom stereocenters. The van der Waals surface area contributed by atoms with E-state index in [-0.39, 0.29) is 0 Å². The maximum Gasteiger partial charge on any atom is 0.0701 e. The van der Waals surface area contributed by atoms with Crippen LogP contribution in [0.1, 0.15) is 0 Å². The summed E-state index contributed by atoms with van der Waals surface area (Å²) in [6.07, 6.45) is 17.3. The number of pyridine rings is 1. The molecule has 3 aromatic carbocycles. The van der Waals surface area contributed by atoms with E-state index in [0.717, 1.165) is 5.52 Å². The van der Waals surface area contributed by atoms with Crippen molar-refractivity contribution in [1.82, 2.24) is 20.3 Å². The molecule has 6 aromatic rings. The molecule has 4 heterocycles. The standard InChI is InChI=1S/C9H7N.2C8H7N.C6H7N/c1-2-6-9-8(4-1)5-3-7-10-9;2*1-2-4-8-7(3-1)5-6-9-8;1-2-4-6-7-5-3-1/h1-7H;2*1-6,9H;1-7H. The van der Waals surface area contributed by atoms with Gasteiger partial charge in [-0.05, 0) is 59.3 Å². The molecular weight excluding hydrogens is 428 g/mol. The van der Waals surface area contributed by atoms with Crippen LogP contribution in [0.2, 0.25) is 0 Å². The first kappa shape index (κ1) is 23.3. The summed E-state index contributed by atoms with van der Waals surface area (Å²) in [5.41, 5.74) is 3.47. The van der Waals surface area contributed by atoms with Crippen molar-refractivity contribution in [2.75, 3.05) is 0 Å². The second-order valence-corrected chi connectivity index (χ2v) is 7.60. The van der Waals surface area contributed by atoms with E-state index in [1.807, 2.05) is 104 Å². The van der Waals surface area contributed by atoms with Crippen molar-refractivity contribution >= 4 is 32.7 Å². The fourth-order valence-corrected chi connectivity index (χ4v) is 3.41. The van der Waals surface area contributed by atoms with Gasteiger partial charge in [0.2, 0.25) is 0 Å². The van der Waals surface area contributed by atoms with Gasteiger partial charge in [-0.3, -0.25) is 4.98 Å².